The van der Waals surface area contributed by atoms with Gasteiger partial charge in [-0.1, -0.05) is 0 Å². The number of anilines is 1. The number of fused-ring (bicyclic) bond motifs is 1. The minimum atomic E-state index is -0.517. The van der Waals surface area contributed by atoms with Gasteiger partial charge < -0.3 is 20.7 Å². The normalized spacial score (nSPS) is 12.9. The number of rotatable bonds is 4. The summed E-state index contributed by atoms with van der Waals surface area (Å²) in [7, 11) is 2.00. The van der Waals surface area contributed by atoms with Crippen LogP contribution in [0.1, 0.15) is 5.82 Å². The first-order valence-corrected chi connectivity index (χ1v) is 5.67. The van der Waals surface area contributed by atoms with E-state index in [4.69, 9.17) is 5.73 Å². The van der Waals surface area contributed by atoms with Crippen LogP contribution < -0.4 is 11.1 Å². The molecule has 1 heterocycles. The summed E-state index contributed by atoms with van der Waals surface area (Å²) in [6, 6.07) is 5.98. The van der Waals surface area contributed by atoms with E-state index >= 15 is 0 Å². The molecule has 5 nitrogen and oxygen atoms in total. The van der Waals surface area contributed by atoms with Crippen LogP contribution in [0.25, 0.3) is 11.0 Å². The molecule has 1 aromatic heterocycles. The Morgan fingerprint density at radius 2 is 2.29 bits per heavy atom. The first-order chi connectivity index (χ1) is 8.11. The number of hydrogen-bond donors (Lipinski definition) is 3. The van der Waals surface area contributed by atoms with E-state index in [2.05, 4.69) is 10.3 Å². The average molecular weight is 234 g/mol. The summed E-state index contributed by atoms with van der Waals surface area (Å²) in [6.45, 7) is 2.69. The summed E-state index contributed by atoms with van der Waals surface area (Å²) in [5.41, 5.74) is 8.35. The van der Waals surface area contributed by atoms with Crippen molar-refractivity contribution in [3.8, 4) is 0 Å². The van der Waals surface area contributed by atoms with E-state index in [0.717, 1.165) is 22.5 Å². The van der Waals surface area contributed by atoms with E-state index in [-0.39, 0.29) is 6.54 Å². The number of aliphatic hydroxyl groups is 1. The molecule has 1 unspecified atom stereocenters. The lowest BCUT2D eigenvalue weighted by molar-refractivity contribution is 0.196. The zero-order valence-corrected chi connectivity index (χ0v) is 10.1. The van der Waals surface area contributed by atoms with Crippen molar-refractivity contribution in [2.45, 2.75) is 13.0 Å². The van der Waals surface area contributed by atoms with Crippen molar-refractivity contribution in [2.75, 3.05) is 18.4 Å². The van der Waals surface area contributed by atoms with Gasteiger partial charge >= 0.3 is 0 Å². The lowest BCUT2D eigenvalue weighted by atomic mass is 10.2. The number of benzene rings is 1. The van der Waals surface area contributed by atoms with Crippen LogP contribution in [-0.4, -0.2) is 33.9 Å². The van der Waals surface area contributed by atoms with Crippen LogP contribution in [0, 0.1) is 6.92 Å². The molecule has 0 spiro atoms. The topological polar surface area (TPSA) is 76.1 Å². The Balaban J connectivity index is 2.20. The zero-order valence-electron chi connectivity index (χ0n) is 10.1. The number of imidazole rings is 1. The molecule has 1 aromatic carbocycles. The molecule has 1 atom stereocenters. The number of nitrogens with zero attached hydrogens (tertiary/aromatic N) is 2. The Morgan fingerprint density at radius 3 is 3.00 bits per heavy atom. The maximum absolute atomic E-state index is 9.37. The van der Waals surface area contributed by atoms with Crippen LogP contribution in [0.2, 0.25) is 0 Å². The van der Waals surface area contributed by atoms with Crippen molar-refractivity contribution in [1.82, 2.24) is 9.55 Å². The largest absolute Gasteiger partial charge is 0.390 e. The molecule has 0 amide bonds. The third-order valence-corrected chi connectivity index (χ3v) is 2.92. The predicted molar refractivity (Wildman–Crippen MR) is 69.0 cm³/mol. The molecule has 0 aliphatic carbocycles. The van der Waals surface area contributed by atoms with Crippen LogP contribution in [0.3, 0.4) is 0 Å². The lowest BCUT2D eigenvalue weighted by Crippen LogP contribution is -2.27. The minimum absolute atomic E-state index is 0.262. The van der Waals surface area contributed by atoms with Crippen LogP contribution in [0.4, 0.5) is 5.69 Å². The van der Waals surface area contributed by atoms with Crippen molar-refractivity contribution in [1.29, 1.82) is 0 Å². The van der Waals surface area contributed by atoms with E-state index < -0.39 is 6.10 Å². The third kappa shape index (κ3) is 2.40. The molecule has 4 N–H and O–H groups in total. The van der Waals surface area contributed by atoms with Gasteiger partial charge in [0.25, 0.3) is 0 Å². The number of aryl methyl sites for hydroxylation is 2. The van der Waals surface area contributed by atoms with Gasteiger partial charge in [-0.3, -0.25) is 0 Å². The summed E-state index contributed by atoms with van der Waals surface area (Å²) in [6.07, 6.45) is -0.517. The molecular weight excluding hydrogens is 216 g/mol. The van der Waals surface area contributed by atoms with Gasteiger partial charge in [0.2, 0.25) is 0 Å². The fraction of sp³-hybridized carbons (Fsp3) is 0.417. The molecule has 17 heavy (non-hydrogen) atoms. The third-order valence-electron chi connectivity index (χ3n) is 2.92. The van der Waals surface area contributed by atoms with Crippen molar-refractivity contribution >= 4 is 16.7 Å². The zero-order chi connectivity index (χ0) is 12.4. The number of nitrogens with one attached hydrogen (secondary N) is 1. The number of aromatic nitrogens is 2. The maximum Gasteiger partial charge on any atom is 0.106 e. The van der Waals surface area contributed by atoms with Crippen LogP contribution in [0.15, 0.2) is 18.2 Å². The van der Waals surface area contributed by atoms with Gasteiger partial charge in [0.15, 0.2) is 0 Å². The monoisotopic (exact) mass is 234 g/mol. The number of aliphatic hydroxyl groups excluding tert-OH is 1. The Hall–Kier alpha value is -1.59. The maximum atomic E-state index is 9.37. The predicted octanol–water partition coefficient (Wildman–Crippen LogP) is 0.613. The second kappa shape index (κ2) is 4.73. The molecule has 0 saturated carbocycles. The molecule has 0 aliphatic rings. The molecule has 5 heteroatoms. The summed E-state index contributed by atoms with van der Waals surface area (Å²) in [5.74, 6) is 0.985. The number of hydrogen-bond acceptors (Lipinski definition) is 4. The smallest absolute Gasteiger partial charge is 0.106 e. The molecule has 0 aliphatic heterocycles. The molecule has 0 fully saturated rings. The summed E-state index contributed by atoms with van der Waals surface area (Å²) >= 11 is 0. The molecular formula is C12H18N4O. The Bertz CT molecular complexity index is 520. The van der Waals surface area contributed by atoms with Gasteiger partial charge in [0, 0.05) is 25.8 Å². The fourth-order valence-electron chi connectivity index (χ4n) is 1.75. The van der Waals surface area contributed by atoms with E-state index in [1.54, 1.807) is 0 Å². The highest BCUT2D eigenvalue weighted by molar-refractivity contribution is 5.80. The lowest BCUT2D eigenvalue weighted by Gasteiger charge is -2.10. The van der Waals surface area contributed by atoms with Gasteiger partial charge in [-0.05, 0) is 25.1 Å². The SMILES string of the molecule is Cc1nc2cc(NCC(O)CN)ccc2n1C. The standard InChI is InChI=1S/C12H18N4O/c1-8-15-11-5-9(14-7-10(17)6-13)3-4-12(11)16(8)2/h3-5,10,14,17H,6-7,13H2,1-2H3. The van der Waals surface area contributed by atoms with Gasteiger partial charge in [-0.25, -0.2) is 4.98 Å². The summed E-state index contributed by atoms with van der Waals surface area (Å²) in [4.78, 5) is 4.46. The highest BCUT2D eigenvalue weighted by atomic mass is 16.3. The van der Waals surface area contributed by atoms with Gasteiger partial charge in [0.05, 0.1) is 17.1 Å². The van der Waals surface area contributed by atoms with Crippen LogP contribution in [0.5, 0.6) is 0 Å². The van der Waals surface area contributed by atoms with Crippen LogP contribution >= 0.6 is 0 Å². The van der Waals surface area contributed by atoms with Crippen molar-refractivity contribution in [3.63, 3.8) is 0 Å². The van der Waals surface area contributed by atoms with E-state index in [1.807, 2.05) is 36.7 Å². The second-order valence-corrected chi connectivity index (χ2v) is 4.19. The molecule has 92 valence electrons. The van der Waals surface area contributed by atoms with E-state index in [1.165, 1.54) is 0 Å². The molecule has 2 aromatic rings. The molecule has 2 rings (SSSR count). The van der Waals surface area contributed by atoms with E-state index in [0.29, 0.717) is 6.54 Å². The second-order valence-electron chi connectivity index (χ2n) is 4.19. The fourth-order valence-corrected chi connectivity index (χ4v) is 1.75. The highest BCUT2D eigenvalue weighted by Crippen LogP contribution is 2.19. The highest BCUT2D eigenvalue weighted by Gasteiger charge is 2.05. The van der Waals surface area contributed by atoms with Crippen molar-refractivity contribution in [2.24, 2.45) is 12.8 Å². The van der Waals surface area contributed by atoms with Crippen molar-refractivity contribution in [3.05, 3.63) is 24.0 Å². The Morgan fingerprint density at radius 1 is 1.53 bits per heavy atom. The summed E-state index contributed by atoms with van der Waals surface area (Å²) < 4.78 is 2.05. The van der Waals surface area contributed by atoms with Crippen molar-refractivity contribution < 1.29 is 5.11 Å². The quantitative estimate of drug-likeness (QED) is 0.724. The Labute approximate surface area is 100 Å². The average Bonchev–Trinajstić information content (AvgIpc) is 2.62. The van der Waals surface area contributed by atoms with E-state index in [9.17, 15) is 5.11 Å². The molecule has 0 saturated heterocycles. The molecule has 0 bridgehead atoms. The van der Waals surface area contributed by atoms with Gasteiger partial charge in [-0.2, -0.15) is 0 Å². The van der Waals surface area contributed by atoms with Crippen LogP contribution in [-0.2, 0) is 7.05 Å². The summed E-state index contributed by atoms with van der Waals surface area (Å²) in [5, 5.41) is 12.5. The van der Waals surface area contributed by atoms with Gasteiger partial charge in [0.1, 0.15) is 5.82 Å². The first-order valence-electron chi connectivity index (χ1n) is 5.67. The minimum Gasteiger partial charge on any atom is -0.390 e. The Kier molecular flexibility index (Phi) is 3.31. The van der Waals surface area contributed by atoms with Gasteiger partial charge in [-0.15, -0.1) is 0 Å². The number of nitrogens with two attached hydrogens (primary N) is 1. The first kappa shape index (κ1) is 11.9. The molecule has 0 radical (unpaired) electrons.